The molecule has 1 aliphatic rings. The van der Waals surface area contributed by atoms with Crippen LogP contribution in [0, 0.1) is 11.6 Å². The molecule has 3 N–H and O–H groups in total. The zero-order chi connectivity index (χ0) is 19.6. The van der Waals surface area contributed by atoms with Crippen LogP contribution in [0.15, 0.2) is 48.7 Å². The number of nitrogens with two attached hydrogens (primary N) is 1. The molecule has 1 saturated carbocycles. The highest BCUT2D eigenvalue weighted by Gasteiger charge is 2.41. The van der Waals surface area contributed by atoms with Gasteiger partial charge >= 0.3 is 0 Å². The minimum absolute atomic E-state index is 0.272. The molecule has 0 amide bonds. The lowest BCUT2D eigenvalue weighted by Gasteiger charge is -2.41. The largest absolute Gasteiger partial charge is 0.368 e. The van der Waals surface area contributed by atoms with Crippen LogP contribution in [0.5, 0.6) is 0 Å². The monoisotopic (exact) mass is 381 g/mol. The van der Waals surface area contributed by atoms with E-state index in [2.05, 4.69) is 20.5 Å². The van der Waals surface area contributed by atoms with Crippen molar-refractivity contribution in [3.63, 3.8) is 0 Å². The smallest absolute Gasteiger partial charge is 0.148 e. The van der Waals surface area contributed by atoms with Gasteiger partial charge in [0.15, 0.2) is 0 Å². The average Bonchev–Trinajstić information content (AvgIpc) is 2.69. The Hall–Kier alpha value is -2.93. The number of benzene rings is 1. The van der Waals surface area contributed by atoms with E-state index in [0.29, 0.717) is 29.3 Å². The number of nitrogens with zero attached hydrogens (tertiary/aromatic N) is 3. The first-order valence-electron chi connectivity index (χ1n) is 9.29. The van der Waals surface area contributed by atoms with Crippen molar-refractivity contribution in [2.45, 2.75) is 31.2 Å². The molecule has 0 aliphatic heterocycles. The van der Waals surface area contributed by atoms with Gasteiger partial charge in [0.05, 0.1) is 11.4 Å². The summed E-state index contributed by atoms with van der Waals surface area (Å²) in [5.74, 6) is -0.0385. The summed E-state index contributed by atoms with van der Waals surface area (Å²) in [6.07, 6.45) is 4.43. The second kappa shape index (κ2) is 7.59. The molecule has 5 nitrogen and oxygen atoms in total. The first-order valence-corrected chi connectivity index (χ1v) is 9.29. The lowest BCUT2D eigenvalue weighted by atomic mass is 9.66. The SMILES string of the molecule is NCc1ccc(F)cc1-c1ccc(NCC2(c3ncccc3F)CCC2)nn1. The van der Waals surface area contributed by atoms with Gasteiger partial charge in [-0.05, 0) is 54.8 Å². The quantitative estimate of drug-likeness (QED) is 0.679. The molecule has 4 rings (SSSR count). The van der Waals surface area contributed by atoms with E-state index in [0.717, 1.165) is 24.8 Å². The second-order valence-electron chi connectivity index (χ2n) is 7.13. The van der Waals surface area contributed by atoms with Crippen LogP contribution in [0.25, 0.3) is 11.3 Å². The number of rotatable bonds is 6. The van der Waals surface area contributed by atoms with E-state index in [4.69, 9.17) is 5.73 Å². The number of aromatic nitrogens is 3. The summed E-state index contributed by atoms with van der Waals surface area (Å²) in [6, 6.07) is 11.1. The third-order valence-electron chi connectivity index (χ3n) is 5.41. The van der Waals surface area contributed by atoms with Crippen molar-refractivity contribution in [1.29, 1.82) is 0 Å². The van der Waals surface area contributed by atoms with Crippen LogP contribution in [-0.2, 0) is 12.0 Å². The van der Waals surface area contributed by atoms with Crippen LogP contribution in [0.4, 0.5) is 14.6 Å². The van der Waals surface area contributed by atoms with E-state index >= 15 is 0 Å². The maximum Gasteiger partial charge on any atom is 0.148 e. The van der Waals surface area contributed by atoms with E-state index < -0.39 is 0 Å². The Bertz CT molecular complexity index is 971. The van der Waals surface area contributed by atoms with Crippen molar-refractivity contribution in [3.05, 3.63) is 71.6 Å². The Morgan fingerprint density at radius 2 is 1.93 bits per heavy atom. The van der Waals surface area contributed by atoms with Gasteiger partial charge in [-0.25, -0.2) is 8.78 Å². The molecule has 1 fully saturated rings. The molecular weight excluding hydrogens is 360 g/mol. The molecule has 1 aromatic carbocycles. The Labute approximate surface area is 162 Å². The van der Waals surface area contributed by atoms with Gasteiger partial charge in [0.1, 0.15) is 17.5 Å². The normalized spacial score (nSPS) is 15.1. The molecule has 144 valence electrons. The first kappa shape index (κ1) is 18.4. The van der Waals surface area contributed by atoms with E-state index in [-0.39, 0.29) is 23.6 Å². The van der Waals surface area contributed by atoms with Crippen molar-refractivity contribution in [2.24, 2.45) is 5.73 Å². The summed E-state index contributed by atoms with van der Waals surface area (Å²) >= 11 is 0. The number of hydrogen-bond acceptors (Lipinski definition) is 5. The van der Waals surface area contributed by atoms with E-state index in [9.17, 15) is 8.78 Å². The van der Waals surface area contributed by atoms with E-state index in [1.165, 1.54) is 18.2 Å². The predicted octanol–water partition coefficient (Wildman–Crippen LogP) is 3.81. The lowest BCUT2D eigenvalue weighted by Crippen LogP contribution is -2.42. The Morgan fingerprint density at radius 1 is 1.07 bits per heavy atom. The van der Waals surface area contributed by atoms with Gasteiger partial charge in [0.25, 0.3) is 0 Å². The molecule has 0 bridgehead atoms. The van der Waals surface area contributed by atoms with Crippen molar-refractivity contribution in [2.75, 3.05) is 11.9 Å². The van der Waals surface area contributed by atoms with Crippen LogP contribution in [0.3, 0.4) is 0 Å². The molecule has 0 atom stereocenters. The molecule has 0 unspecified atom stereocenters. The summed E-state index contributed by atoms with van der Waals surface area (Å²) in [5, 5.41) is 11.7. The van der Waals surface area contributed by atoms with E-state index in [1.807, 2.05) is 0 Å². The summed E-state index contributed by atoms with van der Waals surface area (Å²) < 4.78 is 27.8. The highest BCUT2D eigenvalue weighted by atomic mass is 19.1. The lowest BCUT2D eigenvalue weighted by molar-refractivity contribution is 0.243. The molecule has 1 aliphatic carbocycles. The summed E-state index contributed by atoms with van der Waals surface area (Å²) in [7, 11) is 0. The van der Waals surface area contributed by atoms with Gasteiger partial charge < -0.3 is 11.1 Å². The maximum atomic E-state index is 14.2. The van der Waals surface area contributed by atoms with Crippen LogP contribution in [0.1, 0.15) is 30.5 Å². The minimum atomic E-state index is -0.347. The third kappa shape index (κ3) is 3.45. The highest BCUT2D eigenvalue weighted by Crippen LogP contribution is 2.43. The van der Waals surface area contributed by atoms with E-state index in [1.54, 1.807) is 30.5 Å². The topological polar surface area (TPSA) is 76.7 Å². The zero-order valence-corrected chi connectivity index (χ0v) is 15.3. The van der Waals surface area contributed by atoms with Crippen molar-refractivity contribution >= 4 is 5.82 Å². The first-order chi connectivity index (χ1) is 13.6. The van der Waals surface area contributed by atoms with Crippen LogP contribution in [-0.4, -0.2) is 21.7 Å². The number of halogens is 2. The van der Waals surface area contributed by atoms with Gasteiger partial charge in [-0.3, -0.25) is 4.98 Å². The fourth-order valence-electron chi connectivity index (χ4n) is 3.67. The fraction of sp³-hybridized carbons (Fsp3) is 0.286. The summed E-state index contributed by atoms with van der Waals surface area (Å²) in [4.78, 5) is 4.27. The predicted molar refractivity (Wildman–Crippen MR) is 104 cm³/mol. The van der Waals surface area contributed by atoms with Crippen molar-refractivity contribution < 1.29 is 8.78 Å². The minimum Gasteiger partial charge on any atom is -0.368 e. The van der Waals surface area contributed by atoms with Gasteiger partial charge in [-0.2, -0.15) is 0 Å². The molecule has 0 saturated heterocycles. The van der Waals surface area contributed by atoms with Gasteiger partial charge in [0, 0.05) is 30.3 Å². The standard InChI is InChI=1S/C21H21F2N5/c22-15-5-4-14(12-24)16(11-15)18-6-7-19(28-27-18)26-13-21(8-2-9-21)20-17(23)3-1-10-25-20/h1,3-7,10-11H,2,8-9,12-13,24H2,(H,26,28). The molecule has 2 heterocycles. The van der Waals surface area contributed by atoms with Gasteiger partial charge in [0.2, 0.25) is 0 Å². The second-order valence-corrected chi connectivity index (χ2v) is 7.13. The molecule has 7 heteroatoms. The molecule has 0 radical (unpaired) electrons. The molecule has 0 spiro atoms. The third-order valence-corrected chi connectivity index (χ3v) is 5.41. The Kier molecular flexibility index (Phi) is 5.00. The number of pyridine rings is 1. The number of nitrogens with one attached hydrogen (secondary N) is 1. The van der Waals surface area contributed by atoms with Gasteiger partial charge in [-0.15, -0.1) is 10.2 Å². The van der Waals surface area contributed by atoms with Crippen LogP contribution in [0.2, 0.25) is 0 Å². The summed E-state index contributed by atoms with van der Waals surface area (Å²) in [6.45, 7) is 0.818. The van der Waals surface area contributed by atoms with Crippen LogP contribution < -0.4 is 11.1 Å². The molecule has 28 heavy (non-hydrogen) atoms. The highest BCUT2D eigenvalue weighted by molar-refractivity contribution is 5.64. The average molecular weight is 381 g/mol. The number of hydrogen-bond donors (Lipinski definition) is 2. The summed E-state index contributed by atoms with van der Waals surface area (Å²) in [5.41, 5.74) is 7.91. The van der Waals surface area contributed by atoms with Gasteiger partial charge in [-0.1, -0.05) is 12.5 Å². The molecule has 2 aromatic heterocycles. The fourth-order valence-corrected chi connectivity index (χ4v) is 3.67. The van der Waals surface area contributed by atoms with Crippen molar-refractivity contribution in [1.82, 2.24) is 15.2 Å². The maximum absolute atomic E-state index is 14.2. The Morgan fingerprint density at radius 3 is 2.57 bits per heavy atom. The zero-order valence-electron chi connectivity index (χ0n) is 15.3. The number of anilines is 1. The van der Waals surface area contributed by atoms with Crippen LogP contribution >= 0.6 is 0 Å². The molecule has 3 aromatic rings. The molecular formula is C21H21F2N5. The van der Waals surface area contributed by atoms with Crippen molar-refractivity contribution in [3.8, 4) is 11.3 Å². The Balaban J connectivity index is 1.51.